The van der Waals surface area contributed by atoms with Gasteiger partial charge in [-0.15, -0.1) is 0 Å². The summed E-state index contributed by atoms with van der Waals surface area (Å²) in [6, 6.07) is 16.1. The predicted molar refractivity (Wildman–Crippen MR) is 108 cm³/mol. The molecule has 1 aliphatic rings. The molecule has 27 heavy (non-hydrogen) atoms. The van der Waals surface area contributed by atoms with Gasteiger partial charge in [-0.1, -0.05) is 48.9 Å². The number of benzene rings is 2. The van der Waals surface area contributed by atoms with Crippen molar-refractivity contribution in [1.29, 1.82) is 0 Å². The van der Waals surface area contributed by atoms with Gasteiger partial charge < -0.3 is 9.73 Å². The van der Waals surface area contributed by atoms with E-state index in [-0.39, 0.29) is 5.91 Å². The van der Waals surface area contributed by atoms with Crippen LogP contribution in [0.3, 0.4) is 0 Å². The molecule has 0 atom stereocenters. The van der Waals surface area contributed by atoms with Crippen LogP contribution >= 0.6 is 0 Å². The molecule has 2 aromatic carbocycles. The van der Waals surface area contributed by atoms with Crippen LogP contribution in [0.15, 0.2) is 52.9 Å². The van der Waals surface area contributed by atoms with E-state index in [0.29, 0.717) is 12.3 Å². The highest BCUT2D eigenvalue weighted by Crippen LogP contribution is 2.25. The number of hydrogen-bond donors (Lipinski definition) is 1. The number of amides is 1. The summed E-state index contributed by atoms with van der Waals surface area (Å²) >= 11 is 0. The van der Waals surface area contributed by atoms with Crippen molar-refractivity contribution in [1.82, 2.24) is 10.2 Å². The van der Waals surface area contributed by atoms with Gasteiger partial charge >= 0.3 is 0 Å². The molecule has 1 aliphatic heterocycles. The Kier molecular flexibility index (Phi) is 5.26. The van der Waals surface area contributed by atoms with Gasteiger partial charge in [0.15, 0.2) is 5.76 Å². The summed E-state index contributed by atoms with van der Waals surface area (Å²) in [7, 11) is 0. The lowest BCUT2D eigenvalue weighted by molar-refractivity contribution is 0.0924. The molecule has 4 heteroatoms. The first-order chi connectivity index (χ1) is 13.2. The van der Waals surface area contributed by atoms with E-state index in [0.717, 1.165) is 23.1 Å². The molecular weight excluding hydrogens is 336 g/mol. The molecule has 140 valence electrons. The van der Waals surface area contributed by atoms with Gasteiger partial charge in [0.1, 0.15) is 5.58 Å². The van der Waals surface area contributed by atoms with Crippen molar-refractivity contribution in [3.63, 3.8) is 0 Å². The maximum atomic E-state index is 12.7. The largest absolute Gasteiger partial charge is 0.451 e. The number of likely N-dealkylation sites (tertiary alicyclic amines) is 1. The zero-order valence-corrected chi connectivity index (χ0v) is 15.8. The van der Waals surface area contributed by atoms with Crippen LogP contribution in [-0.2, 0) is 13.1 Å². The van der Waals surface area contributed by atoms with Crippen molar-refractivity contribution in [2.24, 2.45) is 0 Å². The van der Waals surface area contributed by atoms with Gasteiger partial charge in [-0.2, -0.15) is 0 Å². The SMILES string of the molecule is Cc1c(C(=O)NCc2ccccc2CN2CCCCC2)oc2ccccc12. The summed E-state index contributed by atoms with van der Waals surface area (Å²) < 4.78 is 5.78. The third-order valence-corrected chi connectivity index (χ3v) is 5.45. The molecule has 0 radical (unpaired) electrons. The lowest BCUT2D eigenvalue weighted by atomic mass is 10.0. The number of para-hydroxylation sites is 1. The van der Waals surface area contributed by atoms with Gasteiger partial charge in [-0.05, 0) is 50.0 Å². The van der Waals surface area contributed by atoms with Crippen molar-refractivity contribution in [2.75, 3.05) is 13.1 Å². The Morgan fingerprint density at radius 3 is 2.48 bits per heavy atom. The fourth-order valence-corrected chi connectivity index (χ4v) is 3.89. The molecule has 2 heterocycles. The number of rotatable bonds is 5. The highest BCUT2D eigenvalue weighted by atomic mass is 16.3. The second-order valence-corrected chi connectivity index (χ2v) is 7.34. The van der Waals surface area contributed by atoms with Crippen LogP contribution in [0.4, 0.5) is 0 Å². The third kappa shape index (κ3) is 3.91. The molecule has 1 amide bonds. The molecule has 4 nitrogen and oxygen atoms in total. The molecule has 0 unspecified atom stereocenters. The topological polar surface area (TPSA) is 45.5 Å². The van der Waals surface area contributed by atoms with Crippen molar-refractivity contribution in [3.8, 4) is 0 Å². The van der Waals surface area contributed by atoms with Crippen LogP contribution in [0, 0.1) is 6.92 Å². The Labute approximate surface area is 160 Å². The van der Waals surface area contributed by atoms with Gasteiger partial charge in [-0.3, -0.25) is 9.69 Å². The predicted octanol–water partition coefficient (Wildman–Crippen LogP) is 4.66. The first-order valence-electron chi connectivity index (χ1n) is 9.78. The van der Waals surface area contributed by atoms with Crippen molar-refractivity contribution >= 4 is 16.9 Å². The van der Waals surface area contributed by atoms with E-state index in [1.165, 1.54) is 43.5 Å². The molecule has 3 aromatic rings. The van der Waals surface area contributed by atoms with E-state index in [4.69, 9.17) is 4.42 Å². The summed E-state index contributed by atoms with van der Waals surface area (Å²) in [6.45, 7) is 5.73. The number of piperidine rings is 1. The second-order valence-electron chi connectivity index (χ2n) is 7.34. The molecule has 0 aliphatic carbocycles. The summed E-state index contributed by atoms with van der Waals surface area (Å²) in [5, 5.41) is 4.04. The minimum atomic E-state index is -0.156. The molecule has 1 fully saturated rings. The average Bonchev–Trinajstić information content (AvgIpc) is 3.05. The molecule has 0 spiro atoms. The number of nitrogens with one attached hydrogen (secondary N) is 1. The van der Waals surface area contributed by atoms with Crippen LogP contribution in [0.1, 0.15) is 46.5 Å². The number of hydrogen-bond acceptors (Lipinski definition) is 3. The van der Waals surface area contributed by atoms with Crippen LogP contribution in [0.25, 0.3) is 11.0 Å². The van der Waals surface area contributed by atoms with Crippen molar-refractivity contribution in [2.45, 2.75) is 39.3 Å². The minimum Gasteiger partial charge on any atom is -0.451 e. The maximum absolute atomic E-state index is 12.7. The molecule has 0 saturated carbocycles. The fraction of sp³-hybridized carbons (Fsp3) is 0.348. The average molecular weight is 362 g/mol. The third-order valence-electron chi connectivity index (χ3n) is 5.45. The van der Waals surface area contributed by atoms with Crippen molar-refractivity contribution in [3.05, 3.63) is 71.0 Å². The number of carbonyl (C=O) groups excluding carboxylic acids is 1. The monoisotopic (exact) mass is 362 g/mol. The molecule has 1 N–H and O–H groups in total. The van der Waals surface area contributed by atoms with Crippen LogP contribution in [0.2, 0.25) is 0 Å². The second kappa shape index (κ2) is 7.97. The highest BCUT2D eigenvalue weighted by Gasteiger charge is 2.18. The fourth-order valence-electron chi connectivity index (χ4n) is 3.89. The smallest absolute Gasteiger partial charge is 0.287 e. The van der Waals surface area contributed by atoms with E-state index < -0.39 is 0 Å². The van der Waals surface area contributed by atoms with Crippen LogP contribution in [0.5, 0.6) is 0 Å². The van der Waals surface area contributed by atoms with Gasteiger partial charge in [0.2, 0.25) is 0 Å². The van der Waals surface area contributed by atoms with Crippen LogP contribution < -0.4 is 5.32 Å². The quantitative estimate of drug-likeness (QED) is 0.718. The number of fused-ring (bicyclic) bond motifs is 1. The summed E-state index contributed by atoms with van der Waals surface area (Å²) in [6.07, 6.45) is 3.90. The number of aryl methyl sites for hydroxylation is 1. The summed E-state index contributed by atoms with van der Waals surface area (Å²) in [5.41, 5.74) is 4.11. The summed E-state index contributed by atoms with van der Waals surface area (Å²) in [5.74, 6) is 0.251. The molecule has 4 rings (SSSR count). The van der Waals surface area contributed by atoms with E-state index in [1.807, 2.05) is 37.3 Å². The summed E-state index contributed by atoms with van der Waals surface area (Å²) in [4.78, 5) is 15.2. The molecule has 0 bridgehead atoms. The zero-order valence-electron chi connectivity index (χ0n) is 15.8. The van der Waals surface area contributed by atoms with E-state index in [9.17, 15) is 4.79 Å². The Morgan fingerprint density at radius 1 is 1.00 bits per heavy atom. The van der Waals surface area contributed by atoms with E-state index in [1.54, 1.807) is 0 Å². The first kappa shape index (κ1) is 17.8. The number of nitrogens with zero attached hydrogens (tertiary/aromatic N) is 1. The Morgan fingerprint density at radius 2 is 1.70 bits per heavy atom. The van der Waals surface area contributed by atoms with Crippen molar-refractivity contribution < 1.29 is 9.21 Å². The van der Waals surface area contributed by atoms with Gasteiger partial charge in [-0.25, -0.2) is 0 Å². The van der Waals surface area contributed by atoms with Crippen LogP contribution in [-0.4, -0.2) is 23.9 Å². The van der Waals surface area contributed by atoms with Gasteiger partial charge in [0, 0.05) is 24.0 Å². The highest BCUT2D eigenvalue weighted by molar-refractivity contribution is 5.98. The molecule has 1 aromatic heterocycles. The normalized spacial score (nSPS) is 15.1. The van der Waals surface area contributed by atoms with Gasteiger partial charge in [0.05, 0.1) is 0 Å². The van der Waals surface area contributed by atoms with E-state index in [2.05, 4.69) is 28.4 Å². The standard InChI is InChI=1S/C23H26N2O2/c1-17-20-11-5-6-12-21(20)27-22(17)23(26)24-15-18-9-3-4-10-19(18)16-25-13-7-2-8-14-25/h3-6,9-12H,2,7-8,13-16H2,1H3,(H,24,26). The Bertz CT molecular complexity index is 938. The number of carbonyl (C=O) groups is 1. The minimum absolute atomic E-state index is 0.156. The molecular formula is C23H26N2O2. The first-order valence-corrected chi connectivity index (χ1v) is 9.78. The Hall–Kier alpha value is -2.59. The van der Waals surface area contributed by atoms with Gasteiger partial charge in [0.25, 0.3) is 5.91 Å². The Balaban J connectivity index is 1.46. The number of furan rings is 1. The van der Waals surface area contributed by atoms with E-state index >= 15 is 0 Å². The lowest BCUT2D eigenvalue weighted by Gasteiger charge is -2.27. The zero-order chi connectivity index (χ0) is 18.6. The maximum Gasteiger partial charge on any atom is 0.287 e. The lowest BCUT2D eigenvalue weighted by Crippen LogP contribution is -2.30. The molecule has 1 saturated heterocycles.